The number of carbonyl (C=O) groups is 1. The largest absolute Gasteiger partial charge is 0.444 e. The van der Waals surface area contributed by atoms with Crippen molar-refractivity contribution in [2.24, 2.45) is 0 Å². The van der Waals surface area contributed by atoms with E-state index in [1.807, 2.05) is 49.6 Å². The Morgan fingerprint density at radius 3 is 2.90 bits per heavy atom. The van der Waals surface area contributed by atoms with Crippen LogP contribution in [-0.2, 0) is 4.74 Å². The van der Waals surface area contributed by atoms with Gasteiger partial charge in [-0.25, -0.2) is 9.78 Å². The van der Waals surface area contributed by atoms with Crippen molar-refractivity contribution >= 4 is 17.6 Å². The van der Waals surface area contributed by atoms with Crippen LogP contribution in [0.15, 0.2) is 30.6 Å². The number of anilines is 1. The molecule has 0 spiro atoms. The SMILES string of the molecule is CC(C)(C)OC(=O)NCCNc1cccc2nccn12. The van der Waals surface area contributed by atoms with E-state index in [1.165, 1.54) is 0 Å². The van der Waals surface area contributed by atoms with Crippen molar-refractivity contribution in [2.75, 3.05) is 18.4 Å². The Kier molecular flexibility index (Phi) is 4.12. The van der Waals surface area contributed by atoms with Crippen LogP contribution in [0.25, 0.3) is 5.65 Å². The van der Waals surface area contributed by atoms with Gasteiger partial charge in [0.05, 0.1) is 0 Å². The molecule has 2 N–H and O–H groups in total. The molecule has 20 heavy (non-hydrogen) atoms. The molecule has 0 aliphatic heterocycles. The van der Waals surface area contributed by atoms with Crippen molar-refractivity contribution < 1.29 is 9.53 Å². The topological polar surface area (TPSA) is 67.7 Å². The molecular formula is C14H20N4O2. The number of hydrogen-bond acceptors (Lipinski definition) is 4. The summed E-state index contributed by atoms with van der Waals surface area (Å²) < 4.78 is 7.11. The Balaban J connectivity index is 1.79. The van der Waals surface area contributed by atoms with Gasteiger partial charge in [-0.15, -0.1) is 0 Å². The minimum Gasteiger partial charge on any atom is -0.444 e. The number of alkyl carbamates (subject to hydrolysis) is 1. The van der Waals surface area contributed by atoms with Crippen LogP contribution in [-0.4, -0.2) is 34.2 Å². The molecule has 0 aromatic carbocycles. The maximum Gasteiger partial charge on any atom is 0.407 e. The summed E-state index contributed by atoms with van der Waals surface area (Å²) in [4.78, 5) is 15.7. The standard InChI is InChI=1S/C14H20N4O2/c1-14(2,3)20-13(19)17-8-7-15-11-5-4-6-12-16-9-10-18(11)12/h4-6,9-10,15H,7-8H2,1-3H3,(H,17,19). The van der Waals surface area contributed by atoms with Crippen molar-refractivity contribution in [1.29, 1.82) is 0 Å². The lowest BCUT2D eigenvalue weighted by Crippen LogP contribution is -2.35. The average molecular weight is 276 g/mol. The highest BCUT2D eigenvalue weighted by molar-refractivity contribution is 5.67. The molecule has 2 aromatic heterocycles. The third-order valence-corrected chi connectivity index (χ3v) is 2.53. The van der Waals surface area contributed by atoms with Crippen LogP contribution in [0.4, 0.5) is 10.6 Å². The van der Waals surface area contributed by atoms with Gasteiger partial charge in [0.1, 0.15) is 17.1 Å². The zero-order valence-corrected chi connectivity index (χ0v) is 12.0. The lowest BCUT2D eigenvalue weighted by Gasteiger charge is -2.19. The van der Waals surface area contributed by atoms with Crippen molar-refractivity contribution in [3.05, 3.63) is 30.6 Å². The monoisotopic (exact) mass is 276 g/mol. The van der Waals surface area contributed by atoms with Crippen LogP contribution in [0.3, 0.4) is 0 Å². The second-order valence-electron chi connectivity index (χ2n) is 5.42. The molecule has 6 heteroatoms. The highest BCUT2D eigenvalue weighted by Gasteiger charge is 2.15. The van der Waals surface area contributed by atoms with E-state index in [2.05, 4.69) is 15.6 Å². The van der Waals surface area contributed by atoms with E-state index < -0.39 is 11.7 Å². The molecule has 0 atom stereocenters. The van der Waals surface area contributed by atoms with Crippen LogP contribution >= 0.6 is 0 Å². The summed E-state index contributed by atoms with van der Waals surface area (Å²) in [7, 11) is 0. The Labute approximate surface area is 118 Å². The van der Waals surface area contributed by atoms with Crippen LogP contribution < -0.4 is 10.6 Å². The fourth-order valence-electron chi connectivity index (χ4n) is 1.76. The number of fused-ring (bicyclic) bond motifs is 1. The molecule has 0 saturated heterocycles. The Bertz CT molecular complexity index is 586. The summed E-state index contributed by atoms with van der Waals surface area (Å²) >= 11 is 0. The Morgan fingerprint density at radius 2 is 2.15 bits per heavy atom. The first-order valence-corrected chi connectivity index (χ1v) is 6.58. The fraction of sp³-hybridized carbons (Fsp3) is 0.429. The third-order valence-electron chi connectivity index (χ3n) is 2.53. The summed E-state index contributed by atoms with van der Waals surface area (Å²) in [5, 5.41) is 5.95. The van der Waals surface area contributed by atoms with E-state index in [9.17, 15) is 4.79 Å². The Hall–Kier alpha value is -2.24. The van der Waals surface area contributed by atoms with Gasteiger partial charge in [-0.05, 0) is 32.9 Å². The Morgan fingerprint density at radius 1 is 1.35 bits per heavy atom. The predicted molar refractivity (Wildman–Crippen MR) is 77.9 cm³/mol. The fourth-order valence-corrected chi connectivity index (χ4v) is 1.76. The number of hydrogen-bond donors (Lipinski definition) is 2. The van der Waals surface area contributed by atoms with Gasteiger partial charge < -0.3 is 15.4 Å². The van der Waals surface area contributed by atoms with Gasteiger partial charge in [0.2, 0.25) is 0 Å². The molecule has 0 aliphatic rings. The molecule has 2 heterocycles. The second kappa shape index (κ2) is 5.81. The molecule has 2 aromatic rings. The van der Waals surface area contributed by atoms with Gasteiger partial charge in [0.25, 0.3) is 0 Å². The molecule has 2 rings (SSSR count). The molecule has 0 saturated carbocycles. The van der Waals surface area contributed by atoms with Gasteiger partial charge in [0, 0.05) is 25.5 Å². The van der Waals surface area contributed by atoms with Crippen molar-refractivity contribution in [3.63, 3.8) is 0 Å². The highest BCUT2D eigenvalue weighted by Crippen LogP contribution is 2.10. The van der Waals surface area contributed by atoms with Crippen LogP contribution in [0, 0.1) is 0 Å². The summed E-state index contributed by atoms with van der Waals surface area (Å²) in [6.07, 6.45) is 3.23. The number of nitrogens with one attached hydrogen (secondary N) is 2. The zero-order valence-electron chi connectivity index (χ0n) is 12.0. The van der Waals surface area contributed by atoms with Gasteiger partial charge in [0.15, 0.2) is 0 Å². The molecule has 6 nitrogen and oxygen atoms in total. The minimum absolute atomic E-state index is 0.403. The highest BCUT2D eigenvalue weighted by atomic mass is 16.6. The summed E-state index contributed by atoms with van der Waals surface area (Å²) in [5.41, 5.74) is 0.412. The van der Waals surface area contributed by atoms with Crippen LogP contribution in [0.5, 0.6) is 0 Å². The molecule has 0 radical (unpaired) electrons. The van der Waals surface area contributed by atoms with Gasteiger partial charge in [-0.2, -0.15) is 0 Å². The van der Waals surface area contributed by atoms with E-state index in [0.717, 1.165) is 11.5 Å². The molecule has 108 valence electrons. The number of ether oxygens (including phenoxy) is 1. The van der Waals surface area contributed by atoms with E-state index in [0.29, 0.717) is 13.1 Å². The molecule has 0 bridgehead atoms. The number of imidazole rings is 1. The summed E-state index contributed by atoms with van der Waals surface area (Å²) in [6, 6.07) is 5.83. The third kappa shape index (κ3) is 3.88. The van der Waals surface area contributed by atoms with Crippen molar-refractivity contribution in [3.8, 4) is 0 Å². The second-order valence-corrected chi connectivity index (χ2v) is 5.42. The number of carbonyl (C=O) groups excluding carboxylic acids is 1. The molecule has 0 aliphatic carbocycles. The number of rotatable bonds is 4. The average Bonchev–Trinajstić information content (AvgIpc) is 2.81. The van der Waals surface area contributed by atoms with E-state index in [1.54, 1.807) is 6.20 Å². The van der Waals surface area contributed by atoms with E-state index >= 15 is 0 Å². The number of aromatic nitrogens is 2. The van der Waals surface area contributed by atoms with Crippen molar-refractivity contribution in [2.45, 2.75) is 26.4 Å². The normalized spacial score (nSPS) is 11.3. The molecule has 0 fully saturated rings. The molecule has 0 unspecified atom stereocenters. The van der Waals surface area contributed by atoms with Gasteiger partial charge in [-0.1, -0.05) is 6.07 Å². The number of nitrogens with zero attached hydrogens (tertiary/aromatic N) is 2. The van der Waals surface area contributed by atoms with E-state index in [4.69, 9.17) is 4.74 Å². The van der Waals surface area contributed by atoms with Crippen LogP contribution in [0.1, 0.15) is 20.8 Å². The van der Waals surface area contributed by atoms with E-state index in [-0.39, 0.29) is 0 Å². The predicted octanol–water partition coefficient (Wildman–Crippen LogP) is 2.27. The summed E-state index contributed by atoms with van der Waals surface area (Å²) in [6.45, 7) is 6.61. The quantitative estimate of drug-likeness (QED) is 0.841. The smallest absolute Gasteiger partial charge is 0.407 e. The first-order valence-electron chi connectivity index (χ1n) is 6.58. The molecular weight excluding hydrogens is 256 g/mol. The first-order chi connectivity index (χ1) is 9.46. The van der Waals surface area contributed by atoms with Crippen molar-refractivity contribution in [1.82, 2.24) is 14.7 Å². The number of amides is 1. The van der Waals surface area contributed by atoms with Crippen LogP contribution in [0.2, 0.25) is 0 Å². The lowest BCUT2D eigenvalue weighted by atomic mass is 10.2. The lowest BCUT2D eigenvalue weighted by molar-refractivity contribution is 0.0530. The minimum atomic E-state index is -0.472. The van der Waals surface area contributed by atoms with Gasteiger partial charge >= 0.3 is 6.09 Å². The number of pyridine rings is 1. The summed E-state index contributed by atoms with van der Waals surface area (Å²) in [5.74, 6) is 0.936. The zero-order chi connectivity index (χ0) is 14.6. The van der Waals surface area contributed by atoms with Gasteiger partial charge in [-0.3, -0.25) is 4.40 Å². The molecule has 1 amide bonds. The maximum absolute atomic E-state index is 11.5. The first kappa shape index (κ1) is 14.2. The maximum atomic E-state index is 11.5.